The predicted octanol–water partition coefficient (Wildman–Crippen LogP) is 2.80. The third-order valence-electron chi connectivity index (χ3n) is 1.10. The first kappa shape index (κ1) is 9.20. The maximum absolute atomic E-state index is 8.52. The van der Waals surface area contributed by atoms with Gasteiger partial charge in [0.2, 0.25) is 0 Å². The fourth-order valence-corrected chi connectivity index (χ4v) is 3.28. The molecule has 0 aliphatic carbocycles. The predicted molar refractivity (Wildman–Crippen MR) is 52.3 cm³/mol. The Balaban J connectivity index is 3.05. The highest BCUT2D eigenvalue weighted by Gasteiger charge is 2.11. The molecule has 0 radical (unpaired) electrons. The summed E-state index contributed by atoms with van der Waals surface area (Å²) < 4.78 is 1.87. The van der Waals surface area contributed by atoms with Crippen molar-refractivity contribution in [1.29, 1.82) is 5.26 Å². The smallest absolute Gasteiger partial charge is 0.129 e. The Hall–Kier alpha value is 0.110. The average Bonchev–Trinajstić information content (AvgIpc) is 2.28. The number of nitriles is 1. The quantitative estimate of drug-likeness (QED) is 0.866. The zero-order chi connectivity index (χ0) is 8.43. The van der Waals surface area contributed by atoms with Gasteiger partial charge in [0, 0.05) is 4.47 Å². The summed E-state index contributed by atoms with van der Waals surface area (Å²) in [6.45, 7) is 0. The lowest BCUT2D eigenvalue weighted by atomic mass is 10.3. The molecule has 5 heteroatoms. The Morgan fingerprint density at radius 3 is 2.64 bits per heavy atom. The van der Waals surface area contributed by atoms with Crippen molar-refractivity contribution < 1.29 is 0 Å². The molecule has 0 saturated carbocycles. The normalized spacial score (nSPS) is 12.5. The molecule has 0 bridgehead atoms. The zero-order valence-corrected chi connectivity index (χ0v) is 9.33. The van der Waals surface area contributed by atoms with Gasteiger partial charge in [-0.3, -0.25) is 0 Å². The van der Waals surface area contributed by atoms with Gasteiger partial charge < -0.3 is 5.73 Å². The monoisotopic (exact) mass is 294 g/mol. The van der Waals surface area contributed by atoms with Crippen molar-refractivity contribution in [3.05, 3.63) is 19.2 Å². The second kappa shape index (κ2) is 3.68. The van der Waals surface area contributed by atoms with E-state index in [1.807, 2.05) is 12.1 Å². The molecule has 58 valence electrons. The van der Waals surface area contributed by atoms with Crippen LogP contribution in [0.2, 0.25) is 0 Å². The van der Waals surface area contributed by atoms with Crippen LogP contribution in [0.3, 0.4) is 0 Å². The Kier molecular flexibility index (Phi) is 3.07. The summed E-state index contributed by atoms with van der Waals surface area (Å²) in [4.78, 5) is 0.861. The Morgan fingerprint density at radius 1 is 1.64 bits per heavy atom. The molecule has 2 nitrogen and oxygen atoms in total. The molecule has 0 fully saturated rings. The molecule has 11 heavy (non-hydrogen) atoms. The molecule has 1 atom stereocenters. The van der Waals surface area contributed by atoms with E-state index in [-0.39, 0.29) is 0 Å². The Labute approximate surface area is 85.3 Å². The van der Waals surface area contributed by atoms with Crippen molar-refractivity contribution in [2.75, 3.05) is 0 Å². The second-order valence-electron chi connectivity index (χ2n) is 1.87. The van der Waals surface area contributed by atoms with Crippen LogP contribution >= 0.6 is 43.2 Å². The third-order valence-corrected chi connectivity index (χ3v) is 3.74. The Morgan fingerprint density at radius 2 is 2.27 bits per heavy atom. The summed E-state index contributed by atoms with van der Waals surface area (Å²) in [6.07, 6.45) is 0. The van der Waals surface area contributed by atoms with E-state index in [9.17, 15) is 0 Å². The van der Waals surface area contributed by atoms with Crippen LogP contribution in [0.25, 0.3) is 0 Å². The zero-order valence-electron chi connectivity index (χ0n) is 5.34. The second-order valence-corrected chi connectivity index (χ2v) is 5.19. The summed E-state index contributed by atoms with van der Waals surface area (Å²) >= 11 is 8.08. The van der Waals surface area contributed by atoms with E-state index in [0.29, 0.717) is 0 Å². The number of halogens is 2. The molecular weight excluding hydrogens is 292 g/mol. The topological polar surface area (TPSA) is 49.8 Å². The van der Waals surface area contributed by atoms with Gasteiger partial charge in [-0.15, -0.1) is 11.3 Å². The minimum atomic E-state index is -0.527. The van der Waals surface area contributed by atoms with E-state index >= 15 is 0 Å². The lowest BCUT2D eigenvalue weighted by molar-refractivity contribution is 0.946. The molecule has 1 rings (SSSR count). The van der Waals surface area contributed by atoms with Crippen molar-refractivity contribution >= 4 is 43.2 Å². The number of nitrogens with two attached hydrogens (primary N) is 1. The van der Waals surface area contributed by atoms with Gasteiger partial charge in [0.25, 0.3) is 0 Å². The number of hydrogen-bond donors (Lipinski definition) is 1. The lowest BCUT2D eigenvalue weighted by Crippen LogP contribution is -2.05. The molecule has 1 aromatic heterocycles. The van der Waals surface area contributed by atoms with Crippen LogP contribution in [-0.2, 0) is 0 Å². The number of rotatable bonds is 1. The first-order valence-corrected chi connectivity index (χ1v) is 5.15. The van der Waals surface area contributed by atoms with Gasteiger partial charge in [0.1, 0.15) is 6.04 Å². The maximum Gasteiger partial charge on any atom is 0.129 e. The molecule has 0 aliphatic rings. The first-order valence-electron chi connectivity index (χ1n) is 2.75. The van der Waals surface area contributed by atoms with Gasteiger partial charge in [-0.05, 0) is 37.9 Å². The standard InChI is InChI=1S/C6H4Br2N2S/c7-3-1-5(8)11-6(3)4(10)2-9/h1,4H,10H2. The molecule has 1 aromatic rings. The van der Waals surface area contributed by atoms with Crippen LogP contribution in [-0.4, -0.2) is 0 Å². The highest BCUT2D eigenvalue weighted by molar-refractivity contribution is 9.11. The summed E-state index contributed by atoms with van der Waals surface area (Å²) in [6, 6.07) is 3.33. The van der Waals surface area contributed by atoms with Gasteiger partial charge in [-0.1, -0.05) is 0 Å². The molecule has 0 amide bonds. The minimum Gasteiger partial charge on any atom is -0.311 e. The lowest BCUT2D eigenvalue weighted by Gasteiger charge is -1.96. The van der Waals surface area contributed by atoms with E-state index in [1.165, 1.54) is 11.3 Å². The summed E-state index contributed by atoms with van der Waals surface area (Å²) in [5.74, 6) is 0. The molecule has 0 aromatic carbocycles. The molecule has 2 N–H and O–H groups in total. The van der Waals surface area contributed by atoms with Crippen LogP contribution in [0, 0.1) is 11.3 Å². The van der Waals surface area contributed by atoms with Crippen molar-refractivity contribution in [2.24, 2.45) is 5.73 Å². The highest BCUT2D eigenvalue weighted by atomic mass is 79.9. The van der Waals surface area contributed by atoms with Crippen LogP contribution in [0.1, 0.15) is 10.9 Å². The summed E-state index contributed by atoms with van der Waals surface area (Å²) in [5, 5.41) is 8.52. The van der Waals surface area contributed by atoms with E-state index < -0.39 is 6.04 Å². The fourth-order valence-electron chi connectivity index (χ4n) is 0.625. The van der Waals surface area contributed by atoms with Crippen molar-refractivity contribution in [3.8, 4) is 6.07 Å². The van der Waals surface area contributed by atoms with Gasteiger partial charge in [-0.25, -0.2) is 0 Å². The molecular formula is C6H4Br2N2S. The molecule has 1 unspecified atom stereocenters. The summed E-state index contributed by atoms with van der Waals surface area (Å²) in [7, 11) is 0. The third kappa shape index (κ3) is 2.03. The van der Waals surface area contributed by atoms with E-state index in [2.05, 4.69) is 31.9 Å². The molecule has 0 saturated heterocycles. The average molecular weight is 296 g/mol. The number of thiophene rings is 1. The van der Waals surface area contributed by atoms with Gasteiger partial charge in [-0.2, -0.15) is 5.26 Å². The molecule has 1 heterocycles. The first-order chi connectivity index (χ1) is 5.15. The Bertz CT molecular complexity index is 302. The highest BCUT2D eigenvalue weighted by Crippen LogP contribution is 2.34. The van der Waals surface area contributed by atoms with Crippen LogP contribution in [0.5, 0.6) is 0 Å². The molecule has 0 aliphatic heterocycles. The van der Waals surface area contributed by atoms with Crippen molar-refractivity contribution in [1.82, 2.24) is 0 Å². The minimum absolute atomic E-state index is 0.527. The van der Waals surface area contributed by atoms with Crippen LogP contribution in [0.4, 0.5) is 0 Å². The number of nitrogens with zero attached hydrogens (tertiary/aromatic N) is 1. The van der Waals surface area contributed by atoms with Crippen LogP contribution < -0.4 is 5.73 Å². The fraction of sp³-hybridized carbons (Fsp3) is 0.167. The maximum atomic E-state index is 8.52. The van der Waals surface area contributed by atoms with E-state index in [0.717, 1.165) is 13.1 Å². The summed E-state index contributed by atoms with van der Waals surface area (Å²) in [5.41, 5.74) is 5.51. The van der Waals surface area contributed by atoms with Crippen LogP contribution in [0.15, 0.2) is 14.3 Å². The van der Waals surface area contributed by atoms with Gasteiger partial charge in [0.05, 0.1) is 14.7 Å². The van der Waals surface area contributed by atoms with E-state index in [1.54, 1.807) is 0 Å². The van der Waals surface area contributed by atoms with Crippen molar-refractivity contribution in [3.63, 3.8) is 0 Å². The van der Waals surface area contributed by atoms with E-state index in [4.69, 9.17) is 11.0 Å². The number of hydrogen-bond acceptors (Lipinski definition) is 3. The van der Waals surface area contributed by atoms with Crippen molar-refractivity contribution in [2.45, 2.75) is 6.04 Å². The largest absolute Gasteiger partial charge is 0.311 e. The van der Waals surface area contributed by atoms with Gasteiger partial charge in [0.15, 0.2) is 0 Å². The van der Waals surface area contributed by atoms with Gasteiger partial charge >= 0.3 is 0 Å². The molecule has 0 spiro atoms. The SMILES string of the molecule is N#CC(N)c1sc(Br)cc1Br.